The highest BCUT2D eigenvalue weighted by molar-refractivity contribution is 6.47. The minimum Gasteiger partial charge on any atom is -0.466 e. The van der Waals surface area contributed by atoms with Gasteiger partial charge < -0.3 is 52.1 Å². The fourth-order valence-corrected chi connectivity index (χ4v) is 10.0. The summed E-state index contributed by atoms with van der Waals surface area (Å²) in [6.07, 6.45) is 7.66. The lowest BCUT2D eigenvalue weighted by molar-refractivity contribution is -0.199. The van der Waals surface area contributed by atoms with Crippen LogP contribution in [0.25, 0.3) is 11.1 Å². The van der Waals surface area contributed by atoms with Crippen LogP contribution >= 0.6 is 0 Å². The number of carbonyl (C=O) groups is 6. The van der Waals surface area contributed by atoms with Crippen molar-refractivity contribution < 1.29 is 42.8 Å². The molecule has 0 spiro atoms. The van der Waals surface area contributed by atoms with Gasteiger partial charge in [0.2, 0.25) is 23.6 Å². The van der Waals surface area contributed by atoms with Crippen LogP contribution in [0.3, 0.4) is 0 Å². The first-order valence-corrected chi connectivity index (χ1v) is 25.1. The quantitative estimate of drug-likeness (QED) is 0.0370. The summed E-state index contributed by atoms with van der Waals surface area (Å²) in [7, 11) is -0.659. The molecule has 4 fully saturated rings. The molecule has 1 heterocycles. The third-order valence-electron chi connectivity index (χ3n) is 14.5. The summed E-state index contributed by atoms with van der Waals surface area (Å²) in [4.78, 5) is 81.6. The van der Waals surface area contributed by atoms with Crippen molar-refractivity contribution in [1.29, 1.82) is 0 Å². The molecule has 9 N–H and O–H groups in total. The third-order valence-corrected chi connectivity index (χ3v) is 14.5. The van der Waals surface area contributed by atoms with Crippen LogP contribution in [0.4, 0.5) is 0 Å². The number of nitrogens with two attached hydrogens (primary N) is 2. The van der Waals surface area contributed by atoms with Crippen LogP contribution in [0.5, 0.6) is 0 Å². The maximum atomic E-state index is 14.0. The summed E-state index contributed by atoms with van der Waals surface area (Å²) in [5.74, 6) is -3.10. The molecule has 2 aromatic carbocycles. The Morgan fingerprint density at radius 2 is 1.26 bits per heavy atom. The van der Waals surface area contributed by atoms with E-state index in [-0.39, 0.29) is 37.4 Å². The van der Waals surface area contributed by atoms with Gasteiger partial charge in [-0.15, -0.1) is 0 Å². The molecule has 0 radical (unpaired) electrons. The lowest BCUT2D eigenvalue weighted by atomic mass is 9.43. The number of nitrogens with one attached hydrogen (secondary N) is 5. The normalized spacial score (nSPS) is 22.2. The summed E-state index contributed by atoms with van der Waals surface area (Å²) < 4.78 is 18.1. The first-order chi connectivity index (χ1) is 32.4. The van der Waals surface area contributed by atoms with Crippen molar-refractivity contribution in [3.63, 3.8) is 0 Å². The summed E-state index contributed by atoms with van der Waals surface area (Å²) in [5, 5.41) is 14.0. The fourth-order valence-electron chi connectivity index (χ4n) is 10.0. The average molecular weight is 944 g/mol. The van der Waals surface area contributed by atoms with Gasteiger partial charge in [-0.3, -0.25) is 28.8 Å². The molecular formula is C51H78BN7O9. The molecule has 9 atom stereocenters. The second kappa shape index (κ2) is 25.1. The van der Waals surface area contributed by atoms with E-state index in [0.717, 1.165) is 43.2 Å². The zero-order valence-corrected chi connectivity index (χ0v) is 41.5. The minimum atomic E-state index is -1.29. The van der Waals surface area contributed by atoms with Gasteiger partial charge in [-0.2, -0.15) is 0 Å². The van der Waals surface area contributed by atoms with E-state index in [4.69, 9.17) is 25.5 Å². The van der Waals surface area contributed by atoms with Crippen LogP contribution in [0.2, 0.25) is 0 Å². The van der Waals surface area contributed by atoms with Crippen molar-refractivity contribution in [2.45, 2.75) is 174 Å². The number of hydrogen-bond acceptors (Lipinski definition) is 11. The molecule has 1 aliphatic heterocycles. The predicted octanol–water partition coefficient (Wildman–Crippen LogP) is 4.64. The van der Waals surface area contributed by atoms with E-state index in [9.17, 15) is 28.8 Å². The van der Waals surface area contributed by atoms with Gasteiger partial charge in [0.05, 0.1) is 24.3 Å². The molecule has 3 saturated carbocycles. The third kappa shape index (κ3) is 13.9. The molecule has 6 rings (SSSR count). The first-order valence-electron chi connectivity index (χ1n) is 25.1. The van der Waals surface area contributed by atoms with E-state index in [1.54, 1.807) is 19.1 Å². The van der Waals surface area contributed by atoms with Gasteiger partial charge in [0.1, 0.15) is 24.2 Å². The molecule has 2 aromatic rings. The number of unbranched alkanes of at least 4 members (excludes halogenated alkanes) is 3. The monoisotopic (exact) mass is 944 g/mol. The first kappa shape index (κ1) is 54.1. The molecule has 9 unspecified atom stereocenters. The van der Waals surface area contributed by atoms with Gasteiger partial charge in [-0.25, -0.2) is 0 Å². The van der Waals surface area contributed by atoms with Crippen LogP contribution in [0.15, 0.2) is 48.5 Å². The van der Waals surface area contributed by atoms with Crippen molar-refractivity contribution in [2.75, 3.05) is 19.7 Å². The number of benzene rings is 2. The van der Waals surface area contributed by atoms with E-state index in [1.165, 1.54) is 12.5 Å². The van der Waals surface area contributed by atoms with Crippen LogP contribution in [0, 0.1) is 17.3 Å². The molecule has 17 heteroatoms. The highest BCUT2D eigenvalue weighted by atomic mass is 16.7. The fraction of sp³-hybridized carbons (Fsp3) is 0.647. The summed E-state index contributed by atoms with van der Waals surface area (Å²) in [6, 6.07) is 11.0. The second-order valence-electron chi connectivity index (χ2n) is 19.8. The molecule has 68 heavy (non-hydrogen) atoms. The number of amides is 5. The van der Waals surface area contributed by atoms with Crippen LogP contribution in [-0.2, 0) is 44.4 Å². The van der Waals surface area contributed by atoms with Gasteiger partial charge in [0.15, 0.2) is 0 Å². The van der Waals surface area contributed by atoms with Crippen molar-refractivity contribution in [2.24, 2.45) is 28.7 Å². The molecule has 0 aromatic heterocycles. The Kier molecular flexibility index (Phi) is 20.0. The van der Waals surface area contributed by atoms with E-state index < -0.39 is 78.3 Å². The smallest absolute Gasteiger partial charge is 0.466 e. The molecule has 2 bridgehead atoms. The number of aryl methyl sites for hydroxylation is 1. The highest BCUT2D eigenvalue weighted by Crippen LogP contribution is 2.65. The maximum Gasteiger partial charge on any atom is 0.481 e. The lowest BCUT2D eigenvalue weighted by Crippen LogP contribution is -2.65. The Hall–Kier alpha value is -4.84. The Bertz CT molecular complexity index is 2020. The standard InChI is InChI=1S/C51H78BN7O9/c1-8-10-15-34-18-20-35(21-19-34)36-22-24-37(25-23-36)46(62)58-40(17-12-14-29-54)49(65)59-41(26-27-44(60)66-9-2)47(63)55-32(3)45(61)57-39(16-11-13-28-53)48(64)56-33(4)52-67-43-31-38-30-42(50(38,5)6)51(43,7)68-52/h18-25,32-33,38-43H,8-17,26-31,53-54H2,1-7H3,(H,55,63)(H,56,64)(H,57,61)(H,58,62)(H,59,65). The lowest BCUT2D eigenvalue weighted by Gasteiger charge is -2.64. The van der Waals surface area contributed by atoms with Crippen molar-refractivity contribution in [3.8, 4) is 11.1 Å². The largest absolute Gasteiger partial charge is 0.481 e. The van der Waals surface area contributed by atoms with Gasteiger partial charge in [0, 0.05) is 12.0 Å². The van der Waals surface area contributed by atoms with E-state index >= 15 is 0 Å². The Labute approximate surface area is 403 Å². The second-order valence-corrected chi connectivity index (χ2v) is 19.8. The van der Waals surface area contributed by atoms with Gasteiger partial charge in [-0.1, -0.05) is 63.6 Å². The average Bonchev–Trinajstić information content (AvgIpc) is 3.69. The van der Waals surface area contributed by atoms with Gasteiger partial charge in [-0.05, 0) is 157 Å². The topological polar surface area (TPSA) is 242 Å². The minimum absolute atomic E-state index is 0.0626. The molecule has 1 saturated heterocycles. The molecule has 4 aliphatic rings. The highest BCUT2D eigenvalue weighted by Gasteiger charge is 2.68. The summed E-state index contributed by atoms with van der Waals surface area (Å²) in [6.45, 7) is 14.7. The van der Waals surface area contributed by atoms with Crippen LogP contribution in [-0.4, -0.2) is 104 Å². The SMILES string of the molecule is CCCCc1ccc(-c2ccc(C(=O)NC(CCCCN)C(=O)NC(CCC(=O)OCC)C(=O)NC(C)C(=O)NC(CCCCN)C(=O)NC(C)B3OC4CC5CC(C5(C)C)C4(C)O3)cc2)cc1. The zero-order valence-electron chi connectivity index (χ0n) is 41.5. The van der Waals surface area contributed by atoms with Gasteiger partial charge in [0.25, 0.3) is 5.91 Å². The molecular weight excluding hydrogens is 865 g/mol. The summed E-state index contributed by atoms with van der Waals surface area (Å²) in [5.41, 5.74) is 14.8. The zero-order chi connectivity index (χ0) is 49.6. The number of esters is 1. The maximum absolute atomic E-state index is 14.0. The number of hydrogen-bond donors (Lipinski definition) is 7. The molecule has 3 aliphatic carbocycles. The Morgan fingerprint density at radius 3 is 1.85 bits per heavy atom. The number of rotatable bonds is 27. The Balaban J connectivity index is 1.22. The van der Waals surface area contributed by atoms with Crippen LogP contribution in [0.1, 0.15) is 141 Å². The number of ether oxygens (including phenoxy) is 1. The van der Waals surface area contributed by atoms with Crippen LogP contribution < -0.4 is 38.1 Å². The van der Waals surface area contributed by atoms with E-state index in [0.29, 0.717) is 62.6 Å². The van der Waals surface area contributed by atoms with Crippen molar-refractivity contribution >= 4 is 42.6 Å². The number of carbonyl (C=O) groups excluding carboxylic acids is 6. The molecule has 5 amide bonds. The van der Waals surface area contributed by atoms with Crippen molar-refractivity contribution in [3.05, 3.63) is 59.7 Å². The molecule has 374 valence electrons. The molecule has 16 nitrogen and oxygen atoms in total. The van der Waals surface area contributed by atoms with E-state index in [2.05, 4.69) is 78.5 Å². The van der Waals surface area contributed by atoms with E-state index in [1.807, 2.05) is 19.1 Å². The predicted molar refractivity (Wildman–Crippen MR) is 263 cm³/mol. The Morgan fingerprint density at radius 1 is 0.706 bits per heavy atom. The van der Waals surface area contributed by atoms with Crippen molar-refractivity contribution in [1.82, 2.24) is 26.6 Å². The van der Waals surface area contributed by atoms with Gasteiger partial charge >= 0.3 is 13.1 Å². The summed E-state index contributed by atoms with van der Waals surface area (Å²) >= 11 is 0.